The highest BCUT2D eigenvalue weighted by Crippen LogP contribution is 2.19. The summed E-state index contributed by atoms with van der Waals surface area (Å²) in [5.74, 6) is 1.08. The van der Waals surface area contributed by atoms with Crippen LogP contribution in [-0.2, 0) is 0 Å². The Kier molecular flexibility index (Phi) is 3.70. The minimum atomic E-state index is -0.150. The fourth-order valence-electron chi connectivity index (χ4n) is 2.55. The van der Waals surface area contributed by atoms with E-state index in [4.69, 9.17) is 0 Å². The van der Waals surface area contributed by atoms with E-state index in [1.807, 2.05) is 55.6 Å². The molecule has 6 heteroatoms. The third kappa shape index (κ3) is 2.97. The number of aromatic nitrogens is 4. The standard InChI is InChI=1S/C19H15N5O/c1-13-3-9-16(10-4-13)21-18(25)15-7-5-14(6-8-15)17-22-23-19-20-11-2-12-24(17)19/h2-12H,1H3,(H,21,25). The number of hydrogen-bond acceptors (Lipinski definition) is 4. The van der Waals surface area contributed by atoms with E-state index in [0.29, 0.717) is 17.2 Å². The minimum absolute atomic E-state index is 0.150. The van der Waals surface area contributed by atoms with Crippen LogP contribution in [0.25, 0.3) is 17.2 Å². The molecule has 1 amide bonds. The molecule has 0 aliphatic carbocycles. The van der Waals surface area contributed by atoms with Crippen LogP contribution in [0.15, 0.2) is 67.0 Å². The second kappa shape index (κ2) is 6.16. The molecule has 4 rings (SSSR count). The van der Waals surface area contributed by atoms with Gasteiger partial charge in [-0.25, -0.2) is 4.98 Å². The Morgan fingerprint density at radius 2 is 1.76 bits per heavy atom. The van der Waals surface area contributed by atoms with Crippen molar-refractivity contribution in [3.63, 3.8) is 0 Å². The van der Waals surface area contributed by atoms with Crippen molar-refractivity contribution in [1.29, 1.82) is 0 Å². The molecule has 0 spiro atoms. The number of nitrogens with zero attached hydrogens (tertiary/aromatic N) is 4. The van der Waals surface area contributed by atoms with Crippen LogP contribution in [0.5, 0.6) is 0 Å². The summed E-state index contributed by atoms with van der Waals surface area (Å²) >= 11 is 0. The van der Waals surface area contributed by atoms with Gasteiger partial charge in [-0.3, -0.25) is 9.20 Å². The van der Waals surface area contributed by atoms with Crippen molar-refractivity contribution in [1.82, 2.24) is 19.6 Å². The molecule has 0 aliphatic heterocycles. The fourth-order valence-corrected chi connectivity index (χ4v) is 2.55. The first-order valence-electron chi connectivity index (χ1n) is 7.85. The van der Waals surface area contributed by atoms with Crippen molar-refractivity contribution in [2.75, 3.05) is 5.32 Å². The topological polar surface area (TPSA) is 72.2 Å². The number of benzene rings is 2. The lowest BCUT2D eigenvalue weighted by molar-refractivity contribution is 0.102. The Morgan fingerprint density at radius 1 is 1.00 bits per heavy atom. The highest BCUT2D eigenvalue weighted by atomic mass is 16.1. The number of aryl methyl sites for hydroxylation is 1. The van der Waals surface area contributed by atoms with Crippen molar-refractivity contribution < 1.29 is 4.79 Å². The number of hydrogen-bond donors (Lipinski definition) is 1. The van der Waals surface area contributed by atoms with Crippen LogP contribution in [0.1, 0.15) is 15.9 Å². The lowest BCUT2D eigenvalue weighted by Crippen LogP contribution is -2.11. The summed E-state index contributed by atoms with van der Waals surface area (Å²) in [6.07, 6.45) is 3.53. The largest absolute Gasteiger partial charge is 0.322 e. The highest BCUT2D eigenvalue weighted by molar-refractivity contribution is 6.04. The van der Waals surface area contributed by atoms with E-state index in [0.717, 1.165) is 16.8 Å². The van der Waals surface area contributed by atoms with Gasteiger partial charge in [0.15, 0.2) is 5.82 Å². The van der Waals surface area contributed by atoms with Gasteiger partial charge in [-0.05, 0) is 37.3 Å². The van der Waals surface area contributed by atoms with Gasteiger partial charge in [-0.2, -0.15) is 0 Å². The molecule has 4 aromatic rings. The molecular weight excluding hydrogens is 314 g/mol. The Balaban J connectivity index is 1.57. The number of rotatable bonds is 3. The van der Waals surface area contributed by atoms with E-state index in [9.17, 15) is 4.79 Å². The normalized spacial score (nSPS) is 10.8. The molecule has 2 aromatic heterocycles. The smallest absolute Gasteiger partial charge is 0.255 e. The Bertz CT molecular complexity index is 1040. The fraction of sp³-hybridized carbons (Fsp3) is 0.0526. The lowest BCUT2D eigenvalue weighted by Gasteiger charge is -2.06. The summed E-state index contributed by atoms with van der Waals surface area (Å²) in [7, 11) is 0. The zero-order chi connectivity index (χ0) is 17.2. The molecular formula is C19H15N5O. The third-order valence-electron chi connectivity index (χ3n) is 3.90. The number of fused-ring (bicyclic) bond motifs is 1. The molecule has 0 unspecified atom stereocenters. The first-order chi connectivity index (χ1) is 12.2. The molecule has 25 heavy (non-hydrogen) atoms. The summed E-state index contributed by atoms with van der Waals surface area (Å²) in [5.41, 5.74) is 3.37. The zero-order valence-electron chi connectivity index (χ0n) is 13.5. The first kappa shape index (κ1) is 15.0. The predicted molar refractivity (Wildman–Crippen MR) is 95.4 cm³/mol. The van der Waals surface area contributed by atoms with E-state index in [2.05, 4.69) is 20.5 Å². The summed E-state index contributed by atoms with van der Waals surface area (Å²) in [5, 5.41) is 11.1. The molecule has 2 heterocycles. The van der Waals surface area contributed by atoms with Crippen LogP contribution < -0.4 is 5.32 Å². The SMILES string of the molecule is Cc1ccc(NC(=O)c2ccc(-c3nnc4ncccn34)cc2)cc1. The molecule has 0 saturated carbocycles. The van der Waals surface area contributed by atoms with E-state index < -0.39 is 0 Å². The maximum atomic E-state index is 12.4. The van der Waals surface area contributed by atoms with E-state index in [1.54, 1.807) is 22.7 Å². The number of anilines is 1. The average molecular weight is 329 g/mol. The van der Waals surface area contributed by atoms with Gasteiger partial charge in [0.2, 0.25) is 0 Å². The quantitative estimate of drug-likeness (QED) is 0.625. The van der Waals surface area contributed by atoms with Crippen LogP contribution in [0.3, 0.4) is 0 Å². The monoisotopic (exact) mass is 329 g/mol. The third-order valence-corrected chi connectivity index (χ3v) is 3.90. The first-order valence-corrected chi connectivity index (χ1v) is 7.85. The highest BCUT2D eigenvalue weighted by Gasteiger charge is 2.10. The van der Waals surface area contributed by atoms with Crippen LogP contribution >= 0.6 is 0 Å². The second-order valence-corrected chi connectivity index (χ2v) is 5.71. The van der Waals surface area contributed by atoms with Gasteiger partial charge < -0.3 is 5.32 Å². The molecule has 0 saturated heterocycles. The Hall–Kier alpha value is -3.54. The number of nitrogens with one attached hydrogen (secondary N) is 1. The second-order valence-electron chi connectivity index (χ2n) is 5.71. The predicted octanol–water partition coefficient (Wildman–Crippen LogP) is 3.35. The number of amides is 1. The lowest BCUT2D eigenvalue weighted by atomic mass is 10.1. The van der Waals surface area contributed by atoms with Gasteiger partial charge in [0, 0.05) is 29.2 Å². The van der Waals surface area contributed by atoms with Crippen molar-refractivity contribution in [2.45, 2.75) is 6.92 Å². The summed E-state index contributed by atoms with van der Waals surface area (Å²) < 4.78 is 1.81. The van der Waals surface area contributed by atoms with Gasteiger partial charge >= 0.3 is 0 Å². The van der Waals surface area contributed by atoms with Gasteiger partial charge in [0.05, 0.1) is 0 Å². The minimum Gasteiger partial charge on any atom is -0.322 e. The Labute approximate surface area is 144 Å². The van der Waals surface area contributed by atoms with Crippen LogP contribution in [0.2, 0.25) is 0 Å². The summed E-state index contributed by atoms with van der Waals surface area (Å²) in [6, 6.07) is 16.8. The number of carbonyl (C=O) groups excluding carboxylic acids is 1. The maximum absolute atomic E-state index is 12.4. The van der Waals surface area contributed by atoms with Gasteiger partial charge in [-0.15, -0.1) is 10.2 Å². The van der Waals surface area contributed by atoms with Crippen molar-refractivity contribution in [3.8, 4) is 11.4 Å². The molecule has 0 bridgehead atoms. The van der Waals surface area contributed by atoms with Crippen molar-refractivity contribution in [3.05, 3.63) is 78.1 Å². The molecule has 0 fully saturated rings. The van der Waals surface area contributed by atoms with Gasteiger partial charge in [-0.1, -0.05) is 29.8 Å². The van der Waals surface area contributed by atoms with E-state index in [1.165, 1.54) is 0 Å². The van der Waals surface area contributed by atoms with E-state index in [-0.39, 0.29) is 5.91 Å². The van der Waals surface area contributed by atoms with Crippen LogP contribution in [-0.4, -0.2) is 25.5 Å². The molecule has 0 aliphatic rings. The molecule has 6 nitrogen and oxygen atoms in total. The molecule has 0 radical (unpaired) electrons. The van der Waals surface area contributed by atoms with Crippen molar-refractivity contribution in [2.24, 2.45) is 0 Å². The summed E-state index contributed by atoms with van der Waals surface area (Å²) in [6.45, 7) is 2.01. The molecule has 122 valence electrons. The maximum Gasteiger partial charge on any atom is 0.255 e. The van der Waals surface area contributed by atoms with Crippen LogP contribution in [0.4, 0.5) is 5.69 Å². The van der Waals surface area contributed by atoms with E-state index >= 15 is 0 Å². The average Bonchev–Trinajstić information content (AvgIpc) is 3.08. The Morgan fingerprint density at radius 3 is 2.52 bits per heavy atom. The van der Waals surface area contributed by atoms with Gasteiger partial charge in [0.1, 0.15) is 0 Å². The molecule has 0 atom stereocenters. The summed E-state index contributed by atoms with van der Waals surface area (Å²) in [4.78, 5) is 16.5. The van der Waals surface area contributed by atoms with Gasteiger partial charge in [0.25, 0.3) is 11.7 Å². The van der Waals surface area contributed by atoms with Crippen LogP contribution in [0, 0.1) is 6.92 Å². The molecule has 1 N–H and O–H groups in total. The number of carbonyl (C=O) groups is 1. The van der Waals surface area contributed by atoms with Crippen molar-refractivity contribution >= 4 is 17.4 Å². The molecule has 2 aromatic carbocycles. The zero-order valence-corrected chi connectivity index (χ0v) is 13.5.